The van der Waals surface area contributed by atoms with Crippen LogP contribution in [0.25, 0.3) is 0 Å². The summed E-state index contributed by atoms with van der Waals surface area (Å²) in [5.41, 5.74) is 3.70. The van der Waals surface area contributed by atoms with Gasteiger partial charge in [-0.05, 0) is 30.7 Å². The van der Waals surface area contributed by atoms with Gasteiger partial charge in [-0.25, -0.2) is 8.78 Å². The first-order valence-electron chi connectivity index (χ1n) is 5.47. The lowest BCUT2D eigenvalue weighted by Gasteiger charge is -2.02. The number of benzene rings is 2. The molecule has 0 spiro atoms. The fraction of sp³-hybridized carbons (Fsp3) is 0.0714. The molecule has 2 nitrogen and oxygen atoms in total. The molecule has 18 heavy (non-hydrogen) atoms. The van der Waals surface area contributed by atoms with Crippen LogP contribution in [0, 0.1) is 18.6 Å². The molecular formula is C14H12F2N2. The highest BCUT2D eigenvalue weighted by atomic mass is 19.1. The van der Waals surface area contributed by atoms with Crippen LogP contribution in [0.4, 0.5) is 14.5 Å². The van der Waals surface area contributed by atoms with Crippen molar-refractivity contribution in [2.75, 3.05) is 5.43 Å². The van der Waals surface area contributed by atoms with Crippen molar-refractivity contribution in [1.29, 1.82) is 0 Å². The normalized spacial score (nSPS) is 10.8. The highest BCUT2D eigenvalue weighted by Gasteiger charge is 2.08. The molecule has 0 unspecified atom stereocenters. The summed E-state index contributed by atoms with van der Waals surface area (Å²) in [7, 11) is 0. The van der Waals surface area contributed by atoms with Crippen molar-refractivity contribution in [3.05, 3.63) is 65.2 Å². The van der Waals surface area contributed by atoms with Crippen molar-refractivity contribution in [1.82, 2.24) is 0 Å². The topological polar surface area (TPSA) is 24.4 Å². The molecule has 0 bridgehead atoms. The molecule has 0 radical (unpaired) electrons. The molecular weight excluding hydrogens is 234 g/mol. The Balaban J connectivity index is 2.17. The molecule has 0 aliphatic heterocycles. The van der Waals surface area contributed by atoms with Gasteiger partial charge in [0.05, 0.1) is 17.5 Å². The molecule has 92 valence electrons. The van der Waals surface area contributed by atoms with Gasteiger partial charge in [0.2, 0.25) is 0 Å². The van der Waals surface area contributed by atoms with Crippen molar-refractivity contribution in [2.45, 2.75) is 6.92 Å². The van der Waals surface area contributed by atoms with Crippen LogP contribution in [0.15, 0.2) is 47.6 Å². The van der Waals surface area contributed by atoms with Gasteiger partial charge in [0.25, 0.3) is 0 Å². The summed E-state index contributed by atoms with van der Waals surface area (Å²) in [6.07, 6.45) is 1.14. The molecule has 0 fully saturated rings. The monoisotopic (exact) mass is 246 g/mol. The second-order valence-electron chi connectivity index (χ2n) is 3.83. The number of aryl methyl sites for hydroxylation is 1. The van der Waals surface area contributed by atoms with Crippen LogP contribution in [0.3, 0.4) is 0 Å². The Labute approximate surface area is 104 Å². The van der Waals surface area contributed by atoms with E-state index in [1.165, 1.54) is 12.1 Å². The minimum atomic E-state index is -0.628. The second kappa shape index (κ2) is 5.40. The molecule has 0 amide bonds. The lowest BCUT2D eigenvalue weighted by Crippen LogP contribution is -1.98. The van der Waals surface area contributed by atoms with Gasteiger partial charge in [0, 0.05) is 0 Å². The van der Waals surface area contributed by atoms with E-state index >= 15 is 0 Å². The highest BCUT2D eigenvalue weighted by molar-refractivity contribution is 5.81. The van der Waals surface area contributed by atoms with E-state index in [0.717, 1.165) is 11.9 Å². The number of para-hydroxylation sites is 1. The fourth-order valence-corrected chi connectivity index (χ4v) is 1.48. The van der Waals surface area contributed by atoms with E-state index < -0.39 is 11.6 Å². The second-order valence-corrected chi connectivity index (χ2v) is 3.83. The van der Waals surface area contributed by atoms with E-state index in [2.05, 4.69) is 10.5 Å². The first-order chi connectivity index (χ1) is 8.68. The Morgan fingerprint density at radius 3 is 2.50 bits per heavy atom. The smallest absolute Gasteiger partial charge is 0.137 e. The van der Waals surface area contributed by atoms with Gasteiger partial charge in [-0.2, -0.15) is 5.10 Å². The molecule has 0 aliphatic rings. The third-order valence-corrected chi connectivity index (χ3v) is 2.48. The van der Waals surface area contributed by atoms with Crippen molar-refractivity contribution in [2.24, 2.45) is 5.10 Å². The molecule has 2 aromatic rings. The van der Waals surface area contributed by atoms with Crippen molar-refractivity contribution in [3.8, 4) is 0 Å². The summed E-state index contributed by atoms with van der Waals surface area (Å²) >= 11 is 0. The lowest BCUT2D eigenvalue weighted by molar-refractivity contribution is 0.574. The third-order valence-electron chi connectivity index (χ3n) is 2.48. The number of halogens is 2. The van der Waals surface area contributed by atoms with Gasteiger partial charge < -0.3 is 0 Å². The zero-order valence-electron chi connectivity index (χ0n) is 9.82. The van der Waals surface area contributed by atoms with Crippen molar-refractivity contribution >= 4 is 11.9 Å². The molecule has 2 rings (SSSR count). The Morgan fingerprint density at radius 1 is 1.06 bits per heavy atom. The van der Waals surface area contributed by atoms with Crippen molar-refractivity contribution < 1.29 is 8.78 Å². The largest absolute Gasteiger partial charge is 0.279 e. The fourth-order valence-electron chi connectivity index (χ4n) is 1.48. The van der Waals surface area contributed by atoms with Gasteiger partial charge in [0.1, 0.15) is 11.6 Å². The summed E-state index contributed by atoms with van der Waals surface area (Å²) in [5, 5.41) is 3.82. The first-order valence-corrected chi connectivity index (χ1v) is 5.47. The number of rotatable bonds is 3. The van der Waals surface area contributed by atoms with Gasteiger partial charge in [-0.15, -0.1) is 0 Å². The Hall–Kier alpha value is -2.23. The molecule has 0 heterocycles. The molecule has 0 atom stereocenters. The van der Waals surface area contributed by atoms with Crippen LogP contribution in [0.2, 0.25) is 0 Å². The Bertz CT molecular complexity index is 566. The zero-order chi connectivity index (χ0) is 13.0. The number of hydrogen-bond acceptors (Lipinski definition) is 2. The maximum absolute atomic E-state index is 13.6. The summed E-state index contributed by atoms with van der Waals surface area (Å²) in [4.78, 5) is 0. The number of nitrogens with zero attached hydrogens (tertiary/aromatic N) is 1. The van der Waals surface area contributed by atoms with E-state index in [0.29, 0.717) is 5.56 Å². The number of hydrazone groups is 1. The minimum Gasteiger partial charge on any atom is -0.279 e. The van der Waals surface area contributed by atoms with E-state index in [-0.39, 0.29) is 5.56 Å². The molecule has 4 heteroatoms. The standard InChI is InChI=1S/C14H12F2N2/c1-10-7-8-13(15)12(14(10)16)9-17-18-11-5-3-2-4-6-11/h2-9,18H,1H3. The molecule has 2 aromatic carbocycles. The summed E-state index contributed by atoms with van der Waals surface area (Å²) in [5.74, 6) is -1.22. The predicted molar refractivity (Wildman–Crippen MR) is 68.8 cm³/mol. The average molecular weight is 246 g/mol. The van der Waals surface area contributed by atoms with Crippen LogP contribution in [0.1, 0.15) is 11.1 Å². The van der Waals surface area contributed by atoms with Gasteiger partial charge in [-0.1, -0.05) is 24.3 Å². The summed E-state index contributed by atoms with van der Waals surface area (Å²) in [6, 6.07) is 11.8. The van der Waals surface area contributed by atoms with E-state index in [4.69, 9.17) is 0 Å². The molecule has 0 aromatic heterocycles. The Morgan fingerprint density at radius 2 is 1.78 bits per heavy atom. The van der Waals surface area contributed by atoms with Crippen LogP contribution in [0.5, 0.6) is 0 Å². The van der Waals surface area contributed by atoms with Crippen LogP contribution >= 0.6 is 0 Å². The summed E-state index contributed by atoms with van der Waals surface area (Å²) in [6.45, 7) is 1.58. The zero-order valence-corrected chi connectivity index (χ0v) is 9.82. The van der Waals surface area contributed by atoms with Crippen LogP contribution in [-0.4, -0.2) is 6.21 Å². The highest BCUT2D eigenvalue weighted by Crippen LogP contribution is 2.14. The maximum atomic E-state index is 13.6. The Kier molecular flexibility index (Phi) is 3.67. The molecule has 0 aliphatic carbocycles. The number of hydrogen-bond donors (Lipinski definition) is 1. The van der Waals surface area contributed by atoms with Gasteiger partial charge in [0.15, 0.2) is 0 Å². The van der Waals surface area contributed by atoms with Crippen LogP contribution in [-0.2, 0) is 0 Å². The number of anilines is 1. The quantitative estimate of drug-likeness (QED) is 0.647. The molecule has 0 saturated carbocycles. The predicted octanol–water partition coefficient (Wildman–Crippen LogP) is 3.72. The molecule has 0 saturated heterocycles. The van der Waals surface area contributed by atoms with Crippen molar-refractivity contribution in [3.63, 3.8) is 0 Å². The van der Waals surface area contributed by atoms with E-state index in [1.54, 1.807) is 19.1 Å². The first kappa shape index (κ1) is 12.2. The minimum absolute atomic E-state index is 0.140. The molecule has 1 N–H and O–H groups in total. The van der Waals surface area contributed by atoms with Crippen LogP contribution < -0.4 is 5.43 Å². The van der Waals surface area contributed by atoms with Gasteiger partial charge >= 0.3 is 0 Å². The van der Waals surface area contributed by atoms with Gasteiger partial charge in [-0.3, -0.25) is 5.43 Å². The maximum Gasteiger partial charge on any atom is 0.137 e. The third kappa shape index (κ3) is 2.71. The lowest BCUT2D eigenvalue weighted by atomic mass is 10.1. The average Bonchev–Trinajstić information content (AvgIpc) is 2.39. The van der Waals surface area contributed by atoms with E-state index in [1.807, 2.05) is 18.2 Å². The van der Waals surface area contributed by atoms with E-state index in [9.17, 15) is 8.78 Å². The summed E-state index contributed by atoms with van der Waals surface area (Å²) < 4.78 is 27.0. The number of nitrogens with one attached hydrogen (secondary N) is 1. The SMILES string of the molecule is Cc1ccc(F)c(C=NNc2ccccc2)c1F.